The van der Waals surface area contributed by atoms with Crippen LogP contribution in [0.3, 0.4) is 0 Å². The van der Waals surface area contributed by atoms with E-state index in [2.05, 4.69) is 10.5 Å². The number of methoxy groups -OCH3 is 3. The monoisotopic (exact) mass is 370 g/mol. The van der Waals surface area contributed by atoms with Gasteiger partial charge in [0.15, 0.2) is 17.3 Å². The number of carbonyl (C=O) groups excluding carboxylic acids is 1. The van der Waals surface area contributed by atoms with Gasteiger partial charge in [-0.1, -0.05) is 11.2 Å². The summed E-state index contributed by atoms with van der Waals surface area (Å²) in [6.45, 7) is 1.88. The van der Waals surface area contributed by atoms with Crippen LogP contribution in [-0.4, -0.2) is 32.3 Å². The molecule has 1 aromatic carbocycles. The summed E-state index contributed by atoms with van der Waals surface area (Å²) in [5.74, 6) is 2.00. The molecule has 2 heterocycles. The molecule has 7 heteroatoms. The topological polar surface area (TPSA) is 82.8 Å². The third-order valence-corrected chi connectivity index (χ3v) is 5.25. The average Bonchev–Trinajstić information content (AvgIpc) is 3.05. The summed E-state index contributed by atoms with van der Waals surface area (Å²) in [7, 11) is 4.73. The Bertz CT molecular complexity index is 944. The van der Waals surface area contributed by atoms with Gasteiger partial charge in [0.1, 0.15) is 0 Å². The van der Waals surface area contributed by atoms with Gasteiger partial charge in [-0.05, 0) is 25.8 Å². The zero-order valence-corrected chi connectivity index (χ0v) is 15.8. The number of aryl methyl sites for hydroxylation is 1. The van der Waals surface area contributed by atoms with Crippen LogP contribution >= 0.6 is 0 Å². The van der Waals surface area contributed by atoms with Gasteiger partial charge >= 0.3 is 0 Å². The Morgan fingerprint density at radius 2 is 1.89 bits per heavy atom. The Kier molecular flexibility index (Phi) is 4.30. The van der Waals surface area contributed by atoms with Crippen molar-refractivity contribution >= 4 is 11.7 Å². The fraction of sp³-hybridized carbons (Fsp3) is 0.400. The van der Waals surface area contributed by atoms with E-state index < -0.39 is 0 Å². The van der Waals surface area contributed by atoms with E-state index in [1.165, 1.54) is 0 Å². The highest BCUT2D eigenvalue weighted by Gasteiger charge is 2.40. The summed E-state index contributed by atoms with van der Waals surface area (Å²) in [6.07, 6.45) is 2.15. The molecule has 1 aliphatic heterocycles. The maximum atomic E-state index is 12.9. The molecule has 0 fully saturated rings. The molecule has 0 bridgehead atoms. The van der Waals surface area contributed by atoms with Crippen LogP contribution in [0, 0.1) is 6.92 Å². The van der Waals surface area contributed by atoms with Gasteiger partial charge in [-0.25, -0.2) is 0 Å². The van der Waals surface area contributed by atoms with Crippen molar-refractivity contribution in [2.75, 3.05) is 26.6 Å². The number of fused-ring (bicyclic) bond motifs is 1. The zero-order valence-electron chi connectivity index (χ0n) is 15.8. The van der Waals surface area contributed by atoms with Gasteiger partial charge in [0.05, 0.1) is 38.5 Å². The average molecular weight is 370 g/mol. The number of rotatable bonds is 4. The van der Waals surface area contributed by atoms with Gasteiger partial charge in [0.25, 0.3) is 0 Å². The van der Waals surface area contributed by atoms with E-state index in [1.807, 2.05) is 19.1 Å². The highest BCUT2D eigenvalue weighted by Crippen LogP contribution is 2.52. The van der Waals surface area contributed by atoms with E-state index >= 15 is 0 Å². The number of hydrogen-bond acceptors (Lipinski definition) is 7. The van der Waals surface area contributed by atoms with Crippen LogP contribution in [0.2, 0.25) is 0 Å². The number of nitrogens with zero attached hydrogens (tertiary/aromatic N) is 1. The molecule has 0 radical (unpaired) electrons. The van der Waals surface area contributed by atoms with E-state index in [9.17, 15) is 4.79 Å². The number of benzene rings is 1. The fourth-order valence-corrected chi connectivity index (χ4v) is 4.08. The summed E-state index contributed by atoms with van der Waals surface area (Å²) in [5.41, 5.74) is 4.08. The number of anilines is 1. The van der Waals surface area contributed by atoms with Crippen LogP contribution in [0.1, 0.15) is 42.0 Å². The Labute approximate surface area is 157 Å². The normalized spacial score (nSPS) is 18.5. The van der Waals surface area contributed by atoms with Crippen molar-refractivity contribution in [1.29, 1.82) is 0 Å². The lowest BCUT2D eigenvalue weighted by atomic mass is 9.76. The molecule has 1 atom stereocenters. The molecule has 1 N–H and O–H groups in total. The van der Waals surface area contributed by atoms with Crippen LogP contribution in [0.4, 0.5) is 5.88 Å². The number of aromatic nitrogens is 1. The van der Waals surface area contributed by atoms with Crippen molar-refractivity contribution in [3.05, 3.63) is 40.2 Å². The first-order valence-electron chi connectivity index (χ1n) is 8.89. The molecule has 0 saturated carbocycles. The van der Waals surface area contributed by atoms with E-state index in [0.29, 0.717) is 29.6 Å². The molecule has 4 rings (SSSR count). The van der Waals surface area contributed by atoms with Crippen molar-refractivity contribution in [1.82, 2.24) is 5.16 Å². The third-order valence-electron chi connectivity index (χ3n) is 5.25. The zero-order chi connectivity index (χ0) is 19.1. The van der Waals surface area contributed by atoms with E-state index in [-0.39, 0.29) is 11.7 Å². The summed E-state index contributed by atoms with van der Waals surface area (Å²) in [4.78, 5) is 12.9. The Morgan fingerprint density at radius 3 is 2.59 bits per heavy atom. The van der Waals surface area contributed by atoms with Crippen molar-refractivity contribution in [3.63, 3.8) is 0 Å². The third kappa shape index (κ3) is 2.57. The van der Waals surface area contributed by atoms with Crippen LogP contribution in [0.5, 0.6) is 17.2 Å². The summed E-state index contributed by atoms with van der Waals surface area (Å²) >= 11 is 0. The summed E-state index contributed by atoms with van der Waals surface area (Å²) < 4.78 is 22.1. The van der Waals surface area contributed by atoms with Crippen molar-refractivity contribution in [2.45, 2.75) is 32.1 Å². The predicted octanol–water partition coefficient (Wildman–Crippen LogP) is 3.57. The fourth-order valence-electron chi connectivity index (χ4n) is 4.08. The lowest BCUT2D eigenvalue weighted by molar-refractivity contribution is -0.116. The van der Waals surface area contributed by atoms with Gasteiger partial charge in [-0.2, -0.15) is 0 Å². The number of hydrogen-bond donors (Lipinski definition) is 1. The summed E-state index contributed by atoms with van der Waals surface area (Å²) in [5, 5.41) is 7.39. The predicted molar refractivity (Wildman–Crippen MR) is 98.7 cm³/mol. The molecule has 2 aliphatic rings. The molecule has 1 aromatic heterocycles. The second-order valence-electron chi connectivity index (χ2n) is 6.66. The number of carbonyl (C=O) groups is 1. The standard InChI is InChI=1S/C20H22N2O5/c1-10-15-16(11-8-9-14(24-2)19(26-4)18(11)25-3)17-12(6-5-7-13(17)23)21-20(15)27-22-10/h8-9,16,21H,5-7H2,1-4H3/t16-/m1/s1. The molecule has 142 valence electrons. The van der Waals surface area contributed by atoms with E-state index in [4.69, 9.17) is 18.7 Å². The maximum absolute atomic E-state index is 12.9. The molecule has 0 unspecified atom stereocenters. The van der Waals surface area contributed by atoms with Crippen LogP contribution < -0.4 is 19.5 Å². The van der Waals surface area contributed by atoms with Crippen molar-refractivity contribution in [3.8, 4) is 17.2 Å². The minimum Gasteiger partial charge on any atom is -0.493 e. The van der Waals surface area contributed by atoms with Gasteiger partial charge in [-0.15, -0.1) is 0 Å². The molecule has 2 aromatic rings. The van der Waals surface area contributed by atoms with Gasteiger partial charge in [0, 0.05) is 23.3 Å². The lowest BCUT2D eigenvalue weighted by Crippen LogP contribution is -2.27. The van der Waals surface area contributed by atoms with Crippen molar-refractivity contribution < 1.29 is 23.5 Å². The smallest absolute Gasteiger partial charge is 0.233 e. The number of Topliss-reactive ketones (excluding diaryl/α,β-unsaturated/α-hetero) is 1. The lowest BCUT2D eigenvalue weighted by Gasteiger charge is -2.32. The molecule has 27 heavy (non-hydrogen) atoms. The first-order chi connectivity index (χ1) is 13.1. The van der Waals surface area contributed by atoms with Crippen LogP contribution in [-0.2, 0) is 4.79 Å². The second kappa shape index (κ2) is 6.64. The molecule has 0 amide bonds. The van der Waals surface area contributed by atoms with Gasteiger partial charge < -0.3 is 24.1 Å². The molecule has 7 nitrogen and oxygen atoms in total. The number of allylic oxidation sites excluding steroid dienone is 2. The molecule has 0 spiro atoms. The number of nitrogens with one attached hydrogen (secondary N) is 1. The van der Waals surface area contributed by atoms with Crippen LogP contribution in [0.15, 0.2) is 27.9 Å². The number of ketones is 1. The highest BCUT2D eigenvalue weighted by atomic mass is 16.5. The first-order valence-corrected chi connectivity index (χ1v) is 8.89. The van der Waals surface area contributed by atoms with Gasteiger partial charge in [0.2, 0.25) is 11.6 Å². The van der Waals surface area contributed by atoms with E-state index in [0.717, 1.165) is 40.9 Å². The molecule has 0 saturated heterocycles. The highest BCUT2D eigenvalue weighted by molar-refractivity contribution is 6.01. The van der Waals surface area contributed by atoms with Crippen LogP contribution in [0.25, 0.3) is 0 Å². The minimum atomic E-state index is -0.329. The Morgan fingerprint density at radius 1 is 1.11 bits per heavy atom. The van der Waals surface area contributed by atoms with E-state index in [1.54, 1.807) is 21.3 Å². The SMILES string of the molecule is COc1ccc([C@H]2C3=C(CCCC3=O)Nc3onc(C)c32)c(OC)c1OC. The molecular weight excluding hydrogens is 348 g/mol. The van der Waals surface area contributed by atoms with Crippen molar-refractivity contribution in [2.24, 2.45) is 0 Å². The van der Waals surface area contributed by atoms with Gasteiger partial charge in [-0.3, -0.25) is 4.79 Å². The Balaban J connectivity index is 2.00. The number of ether oxygens (including phenoxy) is 3. The molecule has 1 aliphatic carbocycles. The maximum Gasteiger partial charge on any atom is 0.233 e. The first kappa shape index (κ1) is 17.5. The Hall–Kier alpha value is -2.96. The quantitative estimate of drug-likeness (QED) is 0.881. The molecular formula is C20H22N2O5. The largest absolute Gasteiger partial charge is 0.493 e. The minimum absolute atomic E-state index is 0.136. The summed E-state index contributed by atoms with van der Waals surface area (Å²) in [6, 6.07) is 3.74. The second-order valence-corrected chi connectivity index (χ2v) is 6.66.